The van der Waals surface area contributed by atoms with Crippen molar-refractivity contribution in [1.29, 1.82) is 0 Å². The second kappa shape index (κ2) is 5.10. The lowest BCUT2D eigenvalue weighted by atomic mass is 9.87. The summed E-state index contributed by atoms with van der Waals surface area (Å²) in [6.07, 6.45) is 6.72. The number of ketones is 1. The molecule has 1 heterocycles. The van der Waals surface area contributed by atoms with Crippen molar-refractivity contribution in [3.63, 3.8) is 0 Å². The largest absolute Gasteiger partial charge is 0.330 e. The third kappa shape index (κ3) is 2.15. The van der Waals surface area contributed by atoms with Gasteiger partial charge in [0, 0.05) is 29.3 Å². The summed E-state index contributed by atoms with van der Waals surface area (Å²) in [4.78, 5) is 16.9. The maximum atomic E-state index is 12.8. The zero-order valence-corrected chi connectivity index (χ0v) is 10.9. The molecular formula is C16H18N2O. The summed E-state index contributed by atoms with van der Waals surface area (Å²) < 4.78 is 0. The monoisotopic (exact) mass is 254 g/mol. The first-order chi connectivity index (χ1) is 9.31. The van der Waals surface area contributed by atoms with Crippen molar-refractivity contribution in [2.75, 3.05) is 6.54 Å². The van der Waals surface area contributed by atoms with Gasteiger partial charge in [-0.2, -0.15) is 0 Å². The molecule has 1 saturated carbocycles. The number of pyridine rings is 1. The van der Waals surface area contributed by atoms with E-state index in [4.69, 9.17) is 5.73 Å². The van der Waals surface area contributed by atoms with E-state index in [9.17, 15) is 4.79 Å². The summed E-state index contributed by atoms with van der Waals surface area (Å²) in [6.45, 7) is 0.614. The van der Waals surface area contributed by atoms with Gasteiger partial charge in [-0.1, -0.05) is 24.6 Å². The average Bonchev–Trinajstić information content (AvgIpc) is 2.94. The number of aromatic nitrogens is 1. The number of Topliss-reactive ketones (excluding diaryl/α,β-unsaturated/α-hetero) is 1. The SMILES string of the molecule is NCC1CCCC1C(=O)c1cccc2cnccc12. The molecule has 1 aromatic carbocycles. The van der Waals surface area contributed by atoms with Crippen LogP contribution >= 0.6 is 0 Å². The van der Waals surface area contributed by atoms with Gasteiger partial charge in [0.05, 0.1) is 0 Å². The first-order valence-corrected chi connectivity index (χ1v) is 6.88. The zero-order valence-electron chi connectivity index (χ0n) is 10.9. The Hall–Kier alpha value is -1.74. The Labute approximate surface area is 112 Å². The fourth-order valence-electron chi connectivity index (χ4n) is 3.20. The molecule has 19 heavy (non-hydrogen) atoms. The van der Waals surface area contributed by atoms with E-state index in [1.807, 2.05) is 24.3 Å². The van der Waals surface area contributed by atoms with Gasteiger partial charge in [-0.15, -0.1) is 0 Å². The van der Waals surface area contributed by atoms with Crippen LogP contribution in [0.2, 0.25) is 0 Å². The highest BCUT2D eigenvalue weighted by Gasteiger charge is 2.32. The fraction of sp³-hybridized carbons (Fsp3) is 0.375. The summed E-state index contributed by atoms with van der Waals surface area (Å²) in [6, 6.07) is 7.78. The molecule has 2 N–H and O–H groups in total. The molecule has 0 amide bonds. The minimum Gasteiger partial charge on any atom is -0.330 e. The highest BCUT2D eigenvalue weighted by atomic mass is 16.1. The van der Waals surface area contributed by atoms with E-state index in [1.165, 1.54) is 0 Å². The molecule has 1 aliphatic carbocycles. The summed E-state index contributed by atoms with van der Waals surface area (Å²) in [7, 11) is 0. The normalized spacial score (nSPS) is 22.8. The van der Waals surface area contributed by atoms with Gasteiger partial charge >= 0.3 is 0 Å². The van der Waals surface area contributed by atoms with Crippen LogP contribution < -0.4 is 5.73 Å². The number of hydrogen-bond acceptors (Lipinski definition) is 3. The quantitative estimate of drug-likeness (QED) is 0.857. The Morgan fingerprint density at radius 3 is 3.05 bits per heavy atom. The predicted molar refractivity (Wildman–Crippen MR) is 76.0 cm³/mol. The summed E-state index contributed by atoms with van der Waals surface area (Å²) in [5, 5.41) is 2.03. The lowest BCUT2D eigenvalue weighted by molar-refractivity contribution is 0.0895. The van der Waals surface area contributed by atoms with Crippen molar-refractivity contribution in [2.24, 2.45) is 17.6 Å². The molecule has 0 bridgehead atoms. The molecule has 3 heteroatoms. The minimum atomic E-state index is 0.101. The summed E-state index contributed by atoms with van der Waals surface area (Å²) >= 11 is 0. The number of benzene rings is 1. The van der Waals surface area contributed by atoms with Crippen LogP contribution in [-0.2, 0) is 0 Å². The first kappa shape index (κ1) is 12.3. The van der Waals surface area contributed by atoms with Crippen molar-refractivity contribution < 1.29 is 4.79 Å². The molecule has 1 fully saturated rings. The highest BCUT2D eigenvalue weighted by molar-refractivity contribution is 6.09. The molecule has 1 aliphatic rings. The van der Waals surface area contributed by atoms with Crippen LogP contribution in [0.5, 0.6) is 0 Å². The Morgan fingerprint density at radius 1 is 1.32 bits per heavy atom. The van der Waals surface area contributed by atoms with Crippen molar-refractivity contribution in [3.8, 4) is 0 Å². The molecule has 98 valence electrons. The standard InChI is InChI=1S/C16H18N2O/c17-9-11-3-1-5-14(11)16(19)15-6-2-4-12-10-18-8-7-13(12)15/h2,4,6-8,10-11,14H,1,3,5,9,17H2. The number of hydrogen-bond donors (Lipinski definition) is 1. The molecule has 2 unspecified atom stereocenters. The third-order valence-electron chi connectivity index (χ3n) is 4.24. The van der Waals surface area contributed by atoms with Crippen LogP contribution in [0.1, 0.15) is 29.6 Å². The lowest BCUT2D eigenvalue weighted by Gasteiger charge is -2.17. The Kier molecular flexibility index (Phi) is 3.30. The molecule has 2 aromatic rings. The van der Waals surface area contributed by atoms with Crippen molar-refractivity contribution in [3.05, 3.63) is 42.2 Å². The molecule has 1 aromatic heterocycles. The van der Waals surface area contributed by atoms with Gasteiger partial charge in [0.25, 0.3) is 0 Å². The van der Waals surface area contributed by atoms with Gasteiger partial charge in [0.1, 0.15) is 0 Å². The number of fused-ring (bicyclic) bond motifs is 1. The molecular weight excluding hydrogens is 236 g/mol. The summed E-state index contributed by atoms with van der Waals surface area (Å²) in [5.74, 6) is 0.707. The second-order valence-corrected chi connectivity index (χ2v) is 5.30. The van der Waals surface area contributed by atoms with E-state index in [2.05, 4.69) is 4.98 Å². The van der Waals surface area contributed by atoms with Gasteiger partial charge in [0.2, 0.25) is 0 Å². The maximum Gasteiger partial charge on any atom is 0.166 e. The second-order valence-electron chi connectivity index (χ2n) is 5.30. The van der Waals surface area contributed by atoms with Gasteiger partial charge in [-0.3, -0.25) is 9.78 Å². The molecule has 2 atom stereocenters. The summed E-state index contributed by atoms with van der Waals surface area (Å²) in [5.41, 5.74) is 6.61. The topological polar surface area (TPSA) is 56.0 Å². The molecule has 0 radical (unpaired) electrons. The number of carbonyl (C=O) groups excluding carboxylic acids is 1. The lowest BCUT2D eigenvalue weighted by Crippen LogP contribution is -2.25. The molecule has 0 spiro atoms. The number of nitrogens with two attached hydrogens (primary N) is 1. The number of carbonyl (C=O) groups is 1. The van der Waals surface area contributed by atoms with Crippen LogP contribution in [0.25, 0.3) is 10.8 Å². The van der Waals surface area contributed by atoms with Gasteiger partial charge in [0.15, 0.2) is 5.78 Å². The average molecular weight is 254 g/mol. The van der Waals surface area contributed by atoms with Crippen molar-refractivity contribution in [1.82, 2.24) is 4.98 Å². The Morgan fingerprint density at radius 2 is 2.21 bits per heavy atom. The van der Waals surface area contributed by atoms with Crippen LogP contribution in [0.15, 0.2) is 36.7 Å². The zero-order chi connectivity index (χ0) is 13.2. The van der Waals surface area contributed by atoms with Crippen molar-refractivity contribution in [2.45, 2.75) is 19.3 Å². The highest BCUT2D eigenvalue weighted by Crippen LogP contribution is 2.34. The number of rotatable bonds is 3. The predicted octanol–water partition coefficient (Wildman–Crippen LogP) is 2.79. The van der Waals surface area contributed by atoms with Crippen LogP contribution in [0.4, 0.5) is 0 Å². The first-order valence-electron chi connectivity index (χ1n) is 6.88. The smallest absolute Gasteiger partial charge is 0.166 e. The Bertz CT molecular complexity index is 603. The van der Waals surface area contributed by atoms with E-state index in [0.717, 1.165) is 35.6 Å². The van der Waals surface area contributed by atoms with Gasteiger partial charge in [-0.05, 0) is 36.8 Å². The Balaban J connectivity index is 2.02. The van der Waals surface area contributed by atoms with Gasteiger partial charge < -0.3 is 5.73 Å². The third-order valence-corrected chi connectivity index (χ3v) is 4.24. The molecule has 0 saturated heterocycles. The number of nitrogens with zero attached hydrogens (tertiary/aromatic N) is 1. The van der Waals surface area contributed by atoms with E-state index >= 15 is 0 Å². The minimum absolute atomic E-state index is 0.101. The van der Waals surface area contributed by atoms with Crippen LogP contribution in [-0.4, -0.2) is 17.3 Å². The van der Waals surface area contributed by atoms with E-state index < -0.39 is 0 Å². The maximum absolute atomic E-state index is 12.8. The molecule has 0 aliphatic heterocycles. The van der Waals surface area contributed by atoms with E-state index in [-0.39, 0.29) is 11.7 Å². The van der Waals surface area contributed by atoms with Crippen LogP contribution in [0.3, 0.4) is 0 Å². The fourth-order valence-corrected chi connectivity index (χ4v) is 3.20. The molecule has 3 rings (SSSR count). The van der Waals surface area contributed by atoms with Gasteiger partial charge in [-0.25, -0.2) is 0 Å². The molecule has 3 nitrogen and oxygen atoms in total. The van der Waals surface area contributed by atoms with E-state index in [0.29, 0.717) is 12.5 Å². The van der Waals surface area contributed by atoms with Crippen LogP contribution in [0, 0.1) is 11.8 Å². The van der Waals surface area contributed by atoms with E-state index in [1.54, 1.807) is 12.4 Å². The van der Waals surface area contributed by atoms with Crippen molar-refractivity contribution >= 4 is 16.6 Å².